The average Bonchev–Trinajstić information content (AvgIpc) is 2.27. The van der Waals surface area contributed by atoms with Crippen molar-refractivity contribution in [3.8, 4) is 0 Å². The molecule has 1 heterocycles. The van der Waals surface area contributed by atoms with E-state index in [1.54, 1.807) is 14.0 Å². The topological polar surface area (TPSA) is 56.6 Å². The smallest absolute Gasteiger partial charge is 0.171 e. The quantitative estimate of drug-likeness (QED) is 0.767. The molecule has 0 bridgehead atoms. The second-order valence-electron chi connectivity index (χ2n) is 3.41. The van der Waals surface area contributed by atoms with Crippen molar-refractivity contribution in [1.29, 1.82) is 0 Å². The van der Waals surface area contributed by atoms with Crippen LogP contribution in [0.5, 0.6) is 0 Å². The molecule has 15 heavy (non-hydrogen) atoms. The molecule has 0 radical (unpaired) electrons. The molecule has 0 aliphatic carbocycles. The second kappa shape index (κ2) is 5.04. The molecule has 0 aliphatic heterocycles. The number of pyridine rings is 1. The van der Waals surface area contributed by atoms with Crippen LogP contribution in [0.1, 0.15) is 12.5 Å². The van der Waals surface area contributed by atoms with E-state index in [0.29, 0.717) is 0 Å². The Kier molecular flexibility index (Phi) is 3.99. The van der Waals surface area contributed by atoms with E-state index in [4.69, 9.17) is 10.2 Å². The van der Waals surface area contributed by atoms with Gasteiger partial charge in [-0.1, -0.05) is 0 Å². The largest absolute Gasteiger partial charge is 0.394 e. The van der Waals surface area contributed by atoms with Crippen LogP contribution >= 0.6 is 0 Å². The first kappa shape index (κ1) is 11.9. The monoisotopic (exact) mass is 214 g/mol. The van der Waals surface area contributed by atoms with Crippen molar-refractivity contribution in [2.45, 2.75) is 19.6 Å². The van der Waals surface area contributed by atoms with E-state index < -0.39 is 5.82 Å². The Bertz CT molecular complexity index is 333. The zero-order chi connectivity index (χ0) is 11.4. The molecule has 0 aromatic carbocycles. The summed E-state index contributed by atoms with van der Waals surface area (Å²) < 4.78 is 13.7. The lowest BCUT2D eigenvalue weighted by atomic mass is 10.2. The van der Waals surface area contributed by atoms with Crippen LogP contribution in [0.4, 0.5) is 10.2 Å². The van der Waals surface area contributed by atoms with Crippen molar-refractivity contribution in [2.24, 2.45) is 0 Å². The summed E-state index contributed by atoms with van der Waals surface area (Å²) in [6, 6.07) is 1.21. The van der Waals surface area contributed by atoms with Gasteiger partial charge in [-0.25, -0.2) is 9.37 Å². The predicted octanol–water partition coefficient (Wildman–Crippen LogP) is 0.530. The van der Waals surface area contributed by atoms with Crippen LogP contribution in [0.15, 0.2) is 12.3 Å². The number of likely N-dealkylation sites (N-methyl/N-ethyl adjacent to an activating group) is 1. The Morgan fingerprint density at radius 1 is 1.53 bits per heavy atom. The van der Waals surface area contributed by atoms with Gasteiger partial charge in [-0.3, -0.25) is 0 Å². The lowest BCUT2D eigenvalue weighted by Crippen LogP contribution is -2.33. The number of hydrogen-bond donors (Lipinski definition) is 2. The van der Waals surface area contributed by atoms with Crippen LogP contribution < -0.4 is 4.90 Å². The fraction of sp³-hybridized carbons (Fsp3) is 0.500. The van der Waals surface area contributed by atoms with Gasteiger partial charge in [0, 0.05) is 18.8 Å². The van der Waals surface area contributed by atoms with E-state index in [1.165, 1.54) is 17.2 Å². The summed E-state index contributed by atoms with van der Waals surface area (Å²) >= 11 is 0. The second-order valence-corrected chi connectivity index (χ2v) is 3.41. The molecule has 0 fully saturated rings. The average molecular weight is 214 g/mol. The number of aromatic nitrogens is 1. The van der Waals surface area contributed by atoms with E-state index in [2.05, 4.69) is 4.98 Å². The van der Waals surface area contributed by atoms with E-state index in [9.17, 15) is 4.39 Å². The maximum Gasteiger partial charge on any atom is 0.171 e. The van der Waals surface area contributed by atoms with Crippen molar-refractivity contribution >= 4 is 5.82 Å². The number of anilines is 1. The van der Waals surface area contributed by atoms with Gasteiger partial charge in [0.25, 0.3) is 0 Å². The summed E-state index contributed by atoms with van der Waals surface area (Å²) in [6.45, 7) is 1.32. The van der Waals surface area contributed by atoms with Gasteiger partial charge in [-0.2, -0.15) is 0 Å². The summed E-state index contributed by atoms with van der Waals surface area (Å²) in [5.74, 6) is -0.397. The molecular formula is C10H15FN2O2. The van der Waals surface area contributed by atoms with E-state index in [-0.39, 0.29) is 30.6 Å². The normalized spacial score (nSPS) is 12.6. The van der Waals surface area contributed by atoms with Gasteiger partial charge in [-0.15, -0.1) is 0 Å². The van der Waals surface area contributed by atoms with Crippen molar-refractivity contribution in [2.75, 3.05) is 18.6 Å². The zero-order valence-corrected chi connectivity index (χ0v) is 8.81. The molecule has 0 saturated carbocycles. The molecule has 0 aliphatic rings. The highest BCUT2D eigenvalue weighted by Gasteiger charge is 2.16. The van der Waals surface area contributed by atoms with Crippen molar-refractivity contribution in [3.05, 3.63) is 23.6 Å². The molecule has 1 rings (SSSR count). The highest BCUT2D eigenvalue weighted by atomic mass is 19.1. The fourth-order valence-electron chi connectivity index (χ4n) is 1.17. The molecule has 84 valence electrons. The third-order valence-electron chi connectivity index (χ3n) is 2.38. The van der Waals surface area contributed by atoms with Gasteiger partial charge in [0.1, 0.15) is 0 Å². The van der Waals surface area contributed by atoms with Gasteiger partial charge < -0.3 is 15.1 Å². The van der Waals surface area contributed by atoms with Crippen LogP contribution in [0.2, 0.25) is 0 Å². The number of aliphatic hydroxyl groups is 2. The molecule has 1 aromatic heterocycles. The predicted molar refractivity (Wildman–Crippen MR) is 55.1 cm³/mol. The maximum absolute atomic E-state index is 13.7. The van der Waals surface area contributed by atoms with Gasteiger partial charge in [0.2, 0.25) is 0 Å². The van der Waals surface area contributed by atoms with Crippen LogP contribution in [-0.2, 0) is 6.61 Å². The summed E-state index contributed by atoms with van der Waals surface area (Å²) in [5, 5.41) is 17.8. The van der Waals surface area contributed by atoms with Crippen molar-refractivity contribution in [3.63, 3.8) is 0 Å². The summed E-state index contributed by atoms with van der Waals surface area (Å²) in [6.07, 6.45) is 1.44. The number of halogens is 1. The molecular weight excluding hydrogens is 199 g/mol. The highest BCUT2D eigenvalue weighted by molar-refractivity contribution is 5.43. The lowest BCUT2D eigenvalue weighted by molar-refractivity contribution is 0.267. The molecule has 1 unspecified atom stereocenters. The van der Waals surface area contributed by atoms with Crippen molar-refractivity contribution in [1.82, 2.24) is 4.98 Å². The first-order valence-electron chi connectivity index (χ1n) is 4.69. The Hall–Kier alpha value is -1.20. The molecule has 0 amide bonds. The first-order chi connectivity index (χ1) is 7.11. The Morgan fingerprint density at radius 3 is 2.73 bits per heavy atom. The van der Waals surface area contributed by atoms with Crippen LogP contribution in [0.3, 0.4) is 0 Å². The fourth-order valence-corrected chi connectivity index (χ4v) is 1.17. The minimum atomic E-state index is -0.539. The standard InChI is InChI=1S/C10H15FN2O2/c1-7(5-14)13(2)10-9(11)8(6-15)3-4-12-10/h3-4,7,14-15H,5-6H2,1-2H3. The first-order valence-corrected chi connectivity index (χ1v) is 4.69. The zero-order valence-electron chi connectivity index (χ0n) is 8.81. The van der Waals surface area contributed by atoms with Crippen LogP contribution in [-0.4, -0.2) is 34.9 Å². The minimum absolute atomic E-state index is 0.0824. The molecule has 1 atom stereocenters. The van der Waals surface area contributed by atoms with Gasteiger partial charge in [-0.05, 0) is 13.0 Å². The van der Waals surface area contributed by atoms with E-state index in [0.717, 1.165) is 0 Å². The van der Waals surface area contributed by atoms with Crippen LogP contribution in [0.25, 0.3) is 0 Å². The number of nitrogens with zero attached hydrogens (tertiary/aromatic N) is 2. The third-order valence-corrected chi connectivity index (χ3v) is 2.38. The lowest BCUT2D eigenvalue weighted by Gasteiger charge is -2.24. The Morgan fingerprint density at radius 2 is 2.20 bits per heavy atom. The highest BCUT2D eigenvalue weighted by Crippen LogP contribution is 2.19. The number of rotatable bonds is 4. The third kappa shape index (κ3) is 2.43. The number of aliphatic hydroxyl groups excluding tert-OH is 2. The molecule has 0 saturated heterocycles. The van der Waals surface area contributed by atoms with E-state index >= 15 is 0 Å². The summed E-state index contributed by atoms with van der Waals surface area (Å²) in [5.41, 5.74) is 0.206. The number of hydrogen-bond acceptors (Lipinski definition) is 4. The van der Waals surface area contributed by atoms with Crippen molar-refractivity contribution < 1.29 is 14.6 Å². The molecule has 0 spiro atoms. The van der Waals surface area contributed by atoms with E-state index in [1.807, 2.05) is 0 Å². The molecule has 5 heteroatoms. The van der Waals surface area contributed by atoms with Gasteiger partial charge >= 0.3 is 0 Å². The molecule has 4 nitrogen and oxygen atoms in total. The molecule has 2 N–H and O–H groups in total. The SMILES string of the molecule is CC(CO)N(C)c1nccc(CO)c1F. The minimum Gasteiger partial charge on any atom is -0.394 e. The summed E-state index contributed by atoms with van der Waals surface area (Å²) in [4.78, 5) is 5.42. The Balaban J connectivity index is 3.03. The maximum atomic E-state index is 13.7. The summed E-state index contributed by atoms with van der Waals surface area (Å²) in [7, 11) is 1.65. The van der Waals surface area contributed by atoms with Gasteiger partial charge in [0.05, 0.1) is 19.3 Å². The van der Waals surface area contributed by atoms with Crippen LogP contribution in [0, 0.1) is 5.82 Å². The van der Waals surface area contributed by atoms with Gasteiger partial charge in [0.15, 0.2) is 11.6 Å². The Labute approximate surface area is 88.0 Å². The molecule has 1 aromatic rings.